The average Bonchev–Trinajstić information content (AvgIpc) is 3.13. The molecule has 1 aromatic carbocycles. The Balaban J connectivity index is 1.89. The van der Waals surface area contributed by atoms with Crippen LogP contribution in [0.5, 0.6) is 5.06 Å². The van der Waals surface area contributed by atoms with E-state index >= 15 is 0 Å². The second-order valence-corrected chi connectivity index (χ2v) is 6.91. The summed E-state index contributed by atoms with van der Waals surface area (Å²) in [4.78, 5) is 16.7. The van der Waals surface area contributed by atoms with Crippen molar-refractivity contribution >= 4 is 40.4 Å². The summed E-state index contributed by atoms with van der Waals surface area (Å²) in [6.07, 6.45) is 0.930. The maximum atomic E-state index is 14.1. The van der Waals surface area contributed by atoms with Crippen LogP contribution >= 0.6 is 23.1 Å². The van der Waals surface area contributed by atoms with E-state index in [9.17, 15) is 13.6 Å². The molecule has 0 aliphatic carbocycles. The number of carbonyl (C=O) groups is 1. The minimum Gasteiger partial charge on any atom is -0.475 e. The molecule has 1 atom stereocenters. The van der Waals surface area contributed by atoms with Gasteiger partial charge in [-0.25, -0.2) is 13.8 Å². The number of aromatic nitrogens is 2. The van der Waals surface area contributed by atoms with Crippen molar-refractivity contribution in [1.29, 1.82) is 0 Å². The van der Waals surface area contributed by atoms with Gasteiger partial charge in [0.2, 0.25) is 5.06 Å². The molecule has 1 amide bonds. The van der Waals surface area contributed by atoms with Crippen LogP contribution in [0.3, 0.4) is 0 Å². The van der Waals surface area contributed by atoms with Gasteiger partial charge in [0.25, 0.3) is 5.91 Å². The molecule has 5 N–H and O–H groups in total. The Morgan fingerprint density at radius 3 is 2.66 bits per heavy atom. The highest BCUT2D eigenvalue weighted by Gasteiger charge is 2.20. The largest absolute Gasteiger partial charge is 0.475 e. The minimum absolute atomic E-state index is 0.0363. The molecule has 0 spiro atoms. The van der Waals surface area contributed by atoms with Gasteiger partial charge in [0.15, 0.2) is 5.69 Å². The molecular weight excluding hydrogens is 424 g/mol. The van der Waals surface area contributed by atoms with Crippen LogP contribution in [0, 0.1) is 11.6 Å². The number of amides is 1. The monoisotopic (exact) mass is 439 g/mol. The van der Waals surface area contributed by atoms with Gasteiger partial charge >= 0.3 is 0 Å². The number of hydrogen-bond acceptors (Lipinski definition) is 7. The number of ether oxygens (including phenoxy) is 1. The van der Waals surface area contributed by atoms with Crippen LogP contribution in [-0.4, -0.2) is 33.8 Å². The van der Waals surface area contributed by atoms with Crippen LogP contribution < -0.4 is 21.5 Å². The third-order valence-electron chi connectivity index (χ3n) is 3.85. The number of benzene rings is 1. The van der Waals surface area contributed by atoms with Crippen molar-refractivity contribution in [1.82, 2.24) is 9.36 Å². The third-order valence-corrected chi connectivity index (χ3v) is 4.89. The minimum atomic E-state index is -0.805. The molecule has 3 rings (SSSR count). The first kappa shape index (κ1) is 20.9. The van der Waals surface area contributed by atoms with Crippen LogP contribution in [0.15, 0.2) is 36.5 Å². The van der Waals surface area contributed by atoms with Gasteiger partial charge in [0.05, 0.1) is 29.0 Å². The number of anilines is 2. The van der Waals surface area contributed by atoms with Gasteiger partial charge in [-0.05, 0) is 24.3 Å². The van der Waals surface area contributed by atoms with Crippen molar-refractivity contribution in [3.63, 3.8) is 0 Å². The fraction of sp³-hybridized carbons (Fsp3) is 0.167. The predicted octanol–water partition coefficient (Wildman–Crippen LogP) is 3.26. The van der Waals surface area contributed by atoms with Crippen molar-refractivity contribution in [2.75, 3.05) is 23.5 Å². The van der Waals surface area contributed by atoms with E-state index in [1.54, 1.807) is 0 Å². The van der Waals surface area contributed by atoms with E-state index in [1.807, 2.05) is 0 Å². The van der Waals surface area contributed by atoms with Gasteiger partial charge in [-0.3, -0.25) is 4.79 Å². The number of nitrogens with two attached hydrogens (primary N) is 2. The lowest BCUT2D eigenvalue weighted by atomic mass is 10.1. The first-order valence-electron chi connectivity index (χ1n) is 8.34. The number of nitrogen functional groups attached to an aromatic ring is 1. The zero-order chi connectivity index (χ0) is 21.0. The maximum absolute atomic E-state index is 14.1. The summed E-state index contributed by atoms with van der Waals surface area (Å²) in [5.74, 6) is -2.14. The van der Waals surface area contributed by atoms with Gasteiger partial charge in [-0.2, -0.15) is 4.37 Å². The van der Waals surface area contributed by atoms with Crippen LogP contribution in [0.25, 0.3) is 11.3 Å². The normalized spacial score (nSPS) is 11.9. The molecule has 0 aliphatic rings. The fourth-order valence-corrected chi connectivity index (χ4v) is 3.23. The highest BCUT2D eigenvalue weighted by Crippen LogP contribution is 2.31. The van der Waals surface area contributed by atoms with E-state index in [0.29, 0.717) is 5.06 Å². The quantitative estimate of drug-likeness (QED) is 0.486. The Hall–Kier alpha value is -2.82. The van der Waals surface area contributed by atoms with Crippen molar-refractivity contribution in [2.45, 2.75) is 6.10 Å². The number of hydrogen-bond donors (Lipinski definition) is 3. The summed E-state index contributed by atoms with van der Waals surface area (Å²) in [5.41, 5.74) is 11.1. The van der Waals surface area contributed by atoms with E-state index < -0.39 is 23.6 Å². The molecule has 152 valence electrons. The van der Waals surface area contributed by atoms with Crippen LogP contribution in [0.4, 0.5) is 20.2 Å². The van der Waals surface area contributed by atoms with Gasteiger partial charge < -0.3 is 21.5 Å². The number of halogens is 3. The molecule has 0 radical (unpaired) electrons. The van der Waals surface area contributed by atoms with Crippen LogP contribution in [0.2, 0.25) is 0 Å². The molecule has 1 unspecified atom stereocenters. The van der Waals surface area contributed by atoms with E-state index in [1.165, 1.54) is 24.4 Å². The first-order chi connectivity index (χ1) is 13.9. The molecule has 0 saturated carbocycles. The van der Waals surface area contributed by atoms with Crippen molar-refractivity contribution in [2.24, 2.45) is 5.73 Å². The number of nitrogens with one attached hydrogen (secondary N) is 1. The van der Waals surface area contributed by atoms with Crippen molar-refractivity contribution in [3.05, 3.63) is 53.9 Å². The topological polar surface area (TPSA) is 116 Å². The Bertz CT molecular complexity index is 1010. The summed E-state index contributed by atoms with van der Waals surface area (Å²) in [6, 6.07) is 6.12. The summed E-state index contributed by atoms with van der Waals surface area (Å²) in [5, 5.41) is 2.89. The summed E-state index contributed by atoms with van der Waals surface area (Å²) < 4.78 is 37.7. The van der Waals surface area contributed by atoms with E-state index in [2.05, 4.69) is 14.7 Å². The Morgan fingerprint density at radius 2 is 2.00 bits per heavy atom. The van der Waals surface area contributed by atoms with Gasteiger partial charge in [-0.15, -0.1) is 11.6 Å². The van der Waals surface area contributed by atoms with E-state index in [0.717, 1.165) is 23.7 Å². The lowest BCUT2D eigenvalue weighted by Crippen LogP contribution is -2.28. The smallest absolute Gasteiger partial charge is 0.276 e. The molecule has 2 heterocycles. The Kier molecular flexibility index (Phi) is 6.57. The lowest BCUT2D eigenvalue weighted by Gasteiger charge is -2.14. The second kappa shape index (κ2) is 9.12. The van der Waals surface area contributed by atoms with Crippen molar-refractivity contribution in [3.8, 4) is 16.3 Å². The molecule has 29 heavy (non-hydrogen) atoms. The molecule has 11 heteroatoms. The fourth-order valence-electron chi connectivity index (χ4n) is 2.41. The molecule has 0 bridgehead atoms. The molecule has 0 fully saturated rings. The summed E-state index contributed by atoms with van der Waals surface area (Å²) in [7, 11) is 0. The SMILES string of the molecule is NCC(CCl)Oc1sncc1NC(=O)c1nc(-c2c(F)cccc2F)ccc1N. The van der Waals surface area contributed by atoms with E-state index in [-0.39, 0.29) is 40.8 Å². The molecule has 0 aliphatic heterocycles. The zero-order valence-electron chi connectivity index (χ0n) is 14.9. The number of rotatable bonds is 7. The molecule has 0 saturated heterocycles. The number of carbonyl (C=O) groups excluding carboxylic acids is 1. The summed E-state index contributed by atoms with van der Waals surface area (Å²) >= 11 is 6.77. The zero-order valence-corrected chi connectivity index (χ0v) is 16.4. The number of pyridine rings is 1. The summed E-state index contributed by atoms with van der Waals surface area (Å²) in [6.45, 7) is 0.180. The van der Waals surface area contributed by atoms with Gasteiger partial charge in [-0.1, -0.05) is 6.07 Å². The highest BCUT2D eigenvalue weighted by atomic mass is 35.5. The van der Waals surface area contributed by atoms with Crippen LogP contribution in [0.1, 0.15) is 10.5 Å². The molecule has 7 nitrogen and oxygen atoms in total. The first-order valence-corrected chi connectivity index (χ1v) is 9.65. The Labute approximate surface area is 173 Å². The van der Waals surface area contributed by atoms with Crippen LogP contribution in [-0.2, 0) is 0 Å². The van der Waals surface area contributed by atoms with Gasteiger partial charge in [0, 0.05) is 18.1 Å². The molecular formula is C18H16ClF2N5O2S. The second-order valence-electron chi connectivity index (χ2n) is 5.84. The lowest BCUT2D eigenvalue weighted by molar-refractivity contribution is 0.102. The maximum Gasteiger partial charge on any atom is 0.276 e. The predicted molar refractivity (Wildman–Crippen MR) is 108 cm³/mol. The van der Waals surface area contributed by atoms with Crippen molar-refractivity contribution < 1.29 is 18.3 Å². The standard InChI is InChI=1S/C18H16ClF2N5O2S/c19-6-9(7-22)28-18-14(8-24-29-18)26-17(27)16-12(23)4-5-13(25-16)15-10(20)2-1-3-11(15)21/h1-5,8-9H,6-7,22-23H2,(H,26,27). The van der Waals surface area contributed by atoms with E-state index in [4.69, 9.17) is 27.8 Å². The number of nitrogens with zero attached hydrogens (tertiary/aromatic N) is 2. The average molecular weight is 440 g/mol. The molecule has 2 aromatic heterocycles. The molecule has 3 aromatic rings. The third kappa shape index (κ3) is 4.61. The highest BCUT2D eigenvalue weighted by molar-refractivity contribution is 7.08. The number of alkyl halides is 1. The van der Waals surface area contributed by atoms with Gasteiger partial charge in [0.1, 0.15) is 23.4 Å². The Morgan fingerprint density at radius 1 is 1.28 bits per heavy atom.